The monoisotopic (exact) mass is 315 g/mol. The van der Waals surface area contributed by atoms with Gasteiger partial charge in [0.05, 0.1) is 6.61 Å². The van der Waals surface area contributed by atoms with Crippen LogP contribution >= 0.6 is 15.9 Å². The van der Waals surface area contributed by atoms with Crippen LogP contribution in [0.5, 0.6) is 0 Å². The minimum Gasteiger partial charge on any atom is -0.383 e. The topological polar surface area (TPSA) is 54.5 Å². The number of methoxy groups -OCH3 is 1. The first-order chi connectivity index (χ1) is 8.63. The van der Waals surface area contributed by atoms with Crippen molar-refractivity contribution in [1.82, 2.24) is 15.2 Å². The number of rotatable bonds is 7. The van der Waals surface area contributed by atoms with Crippen LogP contribution in [0.15, 0.2) is 22.8 Å². The van der Waals surface area contributed by atoms with E-state index >= 15 is 0 Å². The van der Waals surface area contributed by atoms with Gasteiger partial charge in [0.2, 0.25) is 0 Å². The Morgan fingerprint density at radius 3 is 2.94 bits per heavy atom. The fourth-order valence-electron chi connectivity index (χ4n) is 1.34. The number of aromatic nitrogens is 1. The van der Waals surface area contributed by atoms with Crippen LogP contribution in [-0.4, -0.2) is 56.2 Å². The molecule has 18 heavy (non-hydrogen) atoms. The van der Waals surface area contributed by atoms with Crippen LogP contribution in [0, 0.1) is 0 Å². The van der Waals surface area contributed by atoms with Gasteiger partial charge >= 0.3 is 0 Å². The van der Waals surface area contributed by atoms with Crippen molar-refractivity contribution in [3.05, 3.63) is 28.5 Å². The Morgan fingerprint density at radius 1 is 1.50 bits per heavy atom. The molecule has 100 valence electrons. The van der Waals surface area contributed by atoms with Crippen molar-refractivity contribution >= 4 is 21.8 Å². The molecule has 0 aromatic carbocycles. The molecule has 1 N–H and O–H groups in total. The highest BCUT2D eigenvalue weighted by molar-refractivity contribution is 9.10. The molecule has 1 aromatic rings. The second-order valence-corrected chi connectivity index (χ2v) is 4.71. The minimum absolute atomic E-state index is 0.156. The lowest BCUT2D eigenvalue weighted by Gasteiger charge is -2.16. The Bertz CT molecular complexity index is 387. The van der Waals surface area contributed by atoms with Crippen LogP contribution in [0.3, 0.4) is 0 Å². The van der Waals surface area contributed by atoms with Gasteiger partial charge in [-0.15, -0.1) is 0 Å². The number of carbonyl (C=O) groups excluding carboxylic acids is 1. The Balaban J connectivity index is 2.29. The highest BCUT2D eigenvalue weighted by Crippen LogP contribution is 2.05. The molecular weight excluding hydrogens is 298 g/mol. The highest BCUT2D eigenvalue weighted by Gasteiger charge is 2.07. The molecule has 0 atom stereocenters. The van der Waals surface area contributed by atoms with E-state index < -0.39 is 0 Å². The number of pyridine rings is 1. The molecular formula is C12H18BrN3O2. The van der Waals surface area contributed by atoms with Crippen molar-refractivity contribution in [2.45, 2.75) is 0 Å². The summed E-state index contributed by atoms with van der Waals surface area (Å²) in [6.45, 7) is 2.91. The molecule has 1 amide bonds. The Morgan fingerprint density at radius 2 is 2.28 bits per heavy atom. The normalized spacial score (nSPS) is 10.7. The fourth-order valence-corrected chi connectivity index (χ4v) is 1.69. The van der Waals surface area contributed by atoms with E-state index in [-0.39, 0.29) is 5.91 Å². The van der Waals surface area contributed by atoms with Crippen LogP contribution in [0.25, 0.3) is 0 Å². The maximum Gasteiger partial charge on any atom is 0.269 e. The lowest BCUT2D eigenvalue weighted by atomic mass is 10.3. The van der Waals surface area contributed by atoms with Gasteiger partial charge in [-0.2, -0.15) is 0 Å². The first-order valence-electron chi connectivity index (χ1n) is 5.71. The van der Waals surface area contributed by atoms with Gasteiger partial charge in [-0.25, -0.2) is 4.98 Å². The maximum absolute atomic E-state index is 11.8. The second kappa shape index (κ2) is 8.18. The number of amides is 1. The molecule has 0 aliphatic carbocycles. The van der Waals surface area contributed by atoms with E-state index in [1.165, 1.54) is 0 Å². The van der Waals surface area contributed by atoms with Gasteiger partial charge in [-0.1, -0.05) is 6.07 Å². The summed E-state index contributed by atoms with van der Waals surface area (Å²) in [5, 5.41) is 2.83. The number of carbonyl (C=O) groups is 1. The quantitative estimate of drug-likeness (QED) is 0.767. The molecule has 0 fully saturated rings. The van der Waals surface area contributed by atoms with E-state index in [9.17, 15) is 4.79 Å². The zero-order valence-corrected chi connectivity index (χ0v) is 12.2. The summed E-state index contributed by atoms with van der Waals surface area (Å²) in [6.07, 6.45) is 0. The van der Waals surface area contributed by atoms with Crippen molar-refractivity contribution in [3.8, 4) is 0 Å². The van der Waals surface area contributed by atoms with Gasteiger partial charge in [-0.05, 0) is 35.1 Å². The van der Waals surface area contributed by atoms with Gasteiger partial charge in [0.25, 0.3) is 5.91 Å². The summed E-state index contributed by atoms with van der Waals surface area (Å²) in [5.41, 5.74) is 0.420. The maximum atomic E-state index is 11.8. The second-order valence-electron chi connectivity index (χ2n) is 3.90. The van der Waals surface area contributed by atoms with Gasteiger partial charge in [0, 0.05) is 26.7 Å². The summed E-state index contributed by atoms with van der Waals surface area (Å²) in [7, 11) is 3.66. The molecule has 1 heterocycles. The van der Waals surface area contributed by atoms with Crippen molar-refractivity contribution in [2.75, 3.05) is 40.4 Å². The summed E-state index contributed by atoms with van der Waals surface area (Å²) in [5.74, 6) is -0.156. The lowest BCUT2D eigenvalue weighted by Crippen LogP contribution is -2.34. The van der Waals surface area contributed by atoms with Crippen LogP contribution in [0.2, 0.25) is 0 Å². The third-order valence-electron chi connectivity index (χ3n) is 2.40. The van der Waals surface area contributed by atoms with E-state index in [0.717, 1.165) is 13.1 Å². The Kier molecular flexibility index (Phi) is 6.85. The van der Waals surface area contributed by atoms with E-state index in [0.29, 0.717) is 23.4 Å². The molecule has 0 aliphatic heterocycles. The number of ether oxygens (including phenoxy) is 1. The van der Waals surface area contributed by atoms with E-state index in [1.54, 1.807) is 25.3 Å². The number of nitrogens with one attached hydrogen (secondary N) is 1. The van der Waals surface area contributed by atoms with Gasteiger partial charge in [-0.3, -0.25) is 4.79 Å². The Hall–Kier alpha value is -0.980. The summed E-state index contributed by atoms with van der Waals surface area (Å²) >= 11 is 3.24. The number of hydrogen-bond acceptors (Lipinski definition) is 4. The smallest absolute Gasteiger partial charge is 0.269 e. The first kappa shape index (κ1) is 15.1. The largest absolute Gasteiger partial charge is 0.383 e. The fraction of sp³-hybridized carbons (Fsp3) is 0.500. The van der Waals surface area contributed by atoms with Gasteiger partial charge < -0.3 is 15.0 Å². The highest BCUT2D eigenvalue weighted by atomic mass is 79.9. The van der Waals surface area contributed by atoms with E-state index in [4.69, 9.17) is 4.74 Å². The van der Waals surface area contributed by atoms with E-state index in [1.807, 2.05) is 7.05 Å². The summed E-state index contributed by atoms with van der Waals surface area (Å²) in [4.78, 5) is 17.9. The first-order valence-corrected chi connectivity index (χ1v) is 6.51. The summed E-state index contributed by atoms with van der Waals surface area (Å²) < 4.78 is 5.64. The number of hydrogen-bond donors (Lipinski definition) is 1. The minimum atomic E-state index is -0.156. The predicted molar refractivity (Wildman–Crippen MR) is 73.6 cm³/mol. The molecule has 0 bridgehead atoms. The van der Waals surface area contributed by atoms with Gasteiger partial charge in [0.1, 0.15) is 10.3 Å². The third-order valence-corrected chi connectivity index (χ3v) is 2.85. The molecule has 0 spiro atoms. The molecule has 0 saturated heterocycles. The molecule has 0 radical (unpaired) electrons. The van der Waals surface area contributed by atoms with Crippen molar-refractivity contribution in [1.29, 1.82) is 0 Å². The predicted octanol–water partition coefficient (Wildman–Crippen LogP) is 1.15. The number of likely N-dealkylation sites (N-methyl/N-ethyl adjacent to an activating group) is 1. The molecule has 0 saturated carbocycles. The number of nitrogens with zero attached hydrogens (tertiary/aromatic N) is 2. The SMILES string of the molecule is COCCN(C)CCNC(=O)c1cccc(Br)n1. The Labute approximate surface area is 116 Å². The molecule has 6 heteroatoms. The van der Waals surface area contributed by atoms with Crippen molar-refractivity contribution in [3.63, 3.8) is 0 Å². The average Bonchev–Trinajstić information content (AvgIpc) is 2.36. The van der Waals surface area contributed by atoms with Crippen LogP contribution in [-0.2, 0) is 4.74 Å². The standard InChI is InChI=1S/C12H18BrN3O2/c1-16(8-9-18-2)7-6-14-12(17)10-4-3-5-11(13)15-10/h3-5H,6-9H2,1-2H3,(H,14,17). The van der Waals surface area contributed by atoms with Crippen LogP contribution in [0.4, 0.5) is 0 Å². The van der Waals surface area contributed by atoms with Crippen LogP contribution < -0.4 is 5.32 Å². The molecule has 1 aromatic heterocycles. The van der Waals surface area contributed by atoms with Crippen molar-refractivity contribution in [2.24, 2.45) is 0 Å². The van der Waals surface area contributed by atoms with Gasteiger partial charge in [0.15, 0.2) is 0 Å². The molecule has 5 nitrogen and oxygen atoms in total. The zero-order valence-electron chi connectivity index (χ0n) is 10.6. The summed E-state index contributed by atoms with van der Waals surface area (Å²) in [6, 6.07) is 5.26. The molecule has 0 aliphatic rings. The van der Waals surface area contributed by atoms with E-state index in [2.05, 4.69) is 31.1 Å². The van der Waals surface area contributed by atoms with Crippen LogP contribution in [0.1, 0.15) is 10.5 Å². The zero-order chi connectivity index (χ0) is 13.4. The molecule has 0 unspecified atom stereocenters. The van der Waals surface area contributed by atoms with Crippen molar-refractivity contribution < 1.29 is 9.53 Å². The number of halogens is 1. The lowest BCUT2D eigenvalue weighted by molar-refractivity contribution is 0.0942. The average molecular weight is 316 g/mol. The third kappa shape index (κ3) is 5.57. The molecule has 1 rings (SSSR count).